The lowest BCUT2D eigenvalue weighted by molar-refractivity contribution is 0.0697. The normalized spacial score (nSPS) is 11.2. The standard InChI is InChI=1S/C21H16N2O3S/c1-10-6-15(16(21(24)25)9-19(10)27)20-13-4-2-11(22)7-17(13)26-18-8-12(23)3-5-14(18)20/h2-9,22,27H,23H2,1H3,(H,24,25). The number of anilines is 1. The van der Waals surface area contributed by atoms with Crippen LogP contribution in [0.4, 0.5) is 5.69 Å². The molecule has 1 heterocycles. The number of hydrogen-bond donors (Lipinski definition) is 4. The zero-order valence-electron chi connectivity index (χ0n) is 14.4. The number of benzene rings is 3. The molecule has 1 aliphatic heterocycles. The minimum absolute atomic E-state index is 0.158. The lowest BCUT2D eigenvalue weighted by atomic mass is 9.89. The number of rotatable bonds is 2. The first-order valence-electron chi connectivity index (χ1n) is 8.23. The van der Waals surface area contributed by atoms with Crippen molar-refractivity contribution in [2.24, 2.45) is 0 Å². The summed E-state index contributed by atoms with van der Waals surface area (Å²) in [6, 6.07) is 13.7. The van der Waals surface area contributed by atoms with Gasteiger partial charge in [-0.1, -0.05) is 0 Å². The van der Waals surface area contributed by atoms with Gasteiger partial charge in [-0.05, 0) is 54.4 Å². The predicted octanol–water partition coefficient (Wildman–Crippen LogP) is 4.56. The van der Waals surface area contributed by atoms with E-state index in [1.54, 1.807) is 36.4 Å². The molecule has 2 aromatic rings. The van der Waals surface area contributed by atoms with Gasteiger partial charge in [-0.15, -0.1) is 12.6 Å². The Kier molecular flexibility index (Phi) is 3.93. The second-order valence-electron chi connectivity index (χ2n) is 6.43. The van der Waals surface area contributed by atoms with Gasteiger partial charge in [-0.25, -0.2) is 4.79 Å². The molecule has 0 bridgehead atoms. The molecule has 0 fully saturated rings. The first kappa shape index (κ1) is 17.2. The molecule has 4 rings (SSSR count). The molecule has 0 saturated heterocycles. The predicted molar refractivity (Wildman–Crippen MR) is 107 cm³/mol. The van der Waals surface area contributed by atoms with Crippen molar-refractivity contribution in [3.8, 4) is 22.5 Å². The summed E-state index contributed by atoms with van der Waals surface area (Å²) >= 11 is 4.37. The first-order valence-corrected chi connectivity index (χ1v) is 8.68. The van der Waals surface area contributed by atoms with Crippen molar-refractivity contribution in [3.63, 3.8) is 0 Å². The number of aryl methyl sites for hydroxylation is 1. The first-order chi connectivity index (χ1) is 12.8. The second-order valence-corrected chi connectivity index (χ2v) is 6.91. The molecule has 0 aromatic heterocycles. The summed E-state index contributed by atoms with van der Waals surface area (Å²) in [6.07, 6.45) is 0. The Morgan fingerprint density at radius 1 is 1.11 bits per heavy atom. The quantitative estimate of drug-likeness (QED) is 0.234. The van der Waals surface area contributed by atoms with Crippen molar-refractivity contribution in [3.05, 3.63) is 65.0 Å². The monoisotopic (exact) mass is 376 g/mol. The fourth-order valence-corrected chi connectivity index (χ4v) is 3.47. The van der Waals surface area contributed by atoms with Crippen molar-refractivity contribution >= 4 is 35.3 Å². The third kappa shape index (κ3) is 2.84. The third-order valence-electron chi connectivity index (χ3n) is 4.58. The highest BCUT2D eigenvalue weighted by Gasteiger charge is 2.22. The minimum atomic E-state index is -1.03. The number of carboxylic acids is 1. The Morgan fingerprint density at radius 3 is 2.63 bits per heavy atom. The van der Waals surface area contributed by atoms with Crippen LogP contribution in [0.25, 0.3) is 33.4 Å². The van der Waals surface area contributed by atoms with E-state index < -0.39 is 5.97 Å². The van der Waals surface area contributed by atoms with E-state index in [4.69, 9.17) is 15.6 Å². The molecular formula is C21H16N2O3S. The van der Waals surface area contributed by atoms with E-state index in [9.17, 15) is 9.90 Å². The average Bonchev–Trinajstić information content (AvgIpc) is 2.61. The number of fused-ring (bicyclic) bond motifs is 2. The molecule has 0 radical (unpaired) electrons. The Hall–Kier alpha value is -3.25. The highest BCUT2D eigenvalue weighted by atomic mass is 32.1. The zero-order valence-corrected chi connectivity index (χ0v) is 15.3. The molecule has 0 atom stereocenters. The molecule has 1 aliphatic carbocycles. The van der Waals surface area contributed by atoms with Crippen molar-refractivity contribution in [1.82, 2.24) is 0 Å². The summed E-state index contributed by atoms with van der Waals surface area (Å²) in [5.41, 5.74) is 10.1. The van der Waals surface area contributed by atoms with Crippen LogP contribution in [0.3, 0.4) is 0 Å². The van der Waals surface area contributed by atoms with Crippen LogP contribution in [0.15, 0.2) is 57.8 Å². The van der Waals surface area contributed by atoms with Crippen LogP contribution in [-0.2, 0) is 0 Å². The maximum atomic E-state index is 11.9. The molecule has 2 aliphatic rings. The van der Waals surface area contributed by atoms with Crippen LogP contribution in [0, 0.1) is 12.3 Å². The topological polar surface area (TPSA) is 100 Å². The van der Waals surface area contributed by atoms with Crippen LogP contribution in [0.5, 0.6) is 0 Å². The molecule has 27 heavy (non-hydrogen) atoms. The van der Waals surface area contributed by atoms with Crippen molar-refractivity contribution in [2.75, 3.05) is 5.73 Å². The van der Waals surface area contributed by atoms with E-state index in [1.165, 1.54) is 0 Å². The maximum absolute atomic E-state index is 11.9. The minimum Gasteiger partial charge on any atom is -0.478 e. The second kappa shape index (κ2) is 6.17. The summed E-state index contributed by atoms with van der Waals surface area (Å²) in [6.45, 7) is 1.88. The summed E-state index contributed by atoms with van der Waals surface area (Å²) < 4.78 is 5.96. The van der Waals surface area contributed by atoms with Gasteiger partial charge in [0.1, 0.15) is 11.3 Å². The molecule has 0 spiro atoms. The van der Waals surface area contributed by atoms with Gasteiger partial charge in [0.15, 0.2) is 0 Å². The van der Waals surface area contributed by atoms with Crippen LogP contribution in [0.1, 0.15) is 15.9 Å². The summed E-state index contributed by atoms with van der Waals surface area (Å²) in [5.74, 6) is -0.533. The number of carboxylic acid groups (broad SMARTS) is 1. The lowest BCUT2D eigenvalue weighted by Gasteiger charge is -2.18. The Labute approximate surface area is 160 Å². The van der Waals surface area contributed by atoms with E-state index in [0.29, 0.717) is 32.8 Å². The molecular weight excluding hydrogens is 360 g/mol. The molecule has 0 amide bonds. The summed E-state index contributed by atoms with van der Waals surface area (Å²) in [5, 5.41) is 18.7. The molecule has 0 unspecified atom stereocenters. The maximum Gasteiger partial charge on any atom is 0.336 e. The van der Waals surface area contributed by atoms with E-state index >= 15 is 0 Å². The smallest absolute Gasteiger partial charge is 0.336 e. The number of nitrogens with two attached hydrogens (primary N) is 1. The zero-order chi connectivity index (χ0) is 19.3. The van der Waals surface area contributed by atoms with Crippen LogP contribution in [0.2, 0.25) is 0 Å². The van der Waals surface area contributed by atoms with E-state index in [1.807, 2.05) is 19.1 Å². The van der Waals surface area contributed by atoms with Crippen LogP contribution in [-0.4, -0.2) is 11.1 Å². The third-order valence-corrected chi connectivity index (χ3v) is 5.06. The highest BCUT2D eigenvalue weighted by molar-refractivity contribution is 7.80. The van der Waals surface area contributed by atoms with Crippen molar-refractivity contribution < 1.29 is 14.3 Å². The van der Waals surface area contributed by atoms with E-state index in [-0.39, 0.29) is 5.56 Å². The highest BCUT2D eigenvalue weighted by Crippen LogP contribution is 2.42. The molecule has 4 N–H and O–H groups in total. The van der Waals surface area contributed by atoms with Gasteiger partial charge in [0.25, 0.3) is 0 Å². The largest absolute Gasteiger partial charge is 0.478 e. The summed E-state index contributed by atoms with van der Waals surface area (Å²) in [7, 11) is 0. The average molecular weight is 376 g/mol. The van der Waals surface area contributed by atoms with Gasteiger partial charge in [-0.3, -0.25) is 0 Å². The van der Waals surface area contributed by atoms with Gasteiger partial charge < -0.3 is 20.7 Å². The fourth-order valence-electron chi connectivity index (χ4n) is 3.28. The molecule has 6 heteroatoms. The van der Waals surface area contributed by atoms with Crippen LogP contribution < -0.4 is 11.1 Å². The SMILES string of the molecule is Cc1cc(-c2c3ccc(=N)cc-3oc3cc(N)ccc23)c(C(=O)O)cc1S. The molecule has 5 nitrogen and oxygen atoms in total. The van der Waals surface area contributed by atoms with Gasteiger partial charge in [0.2, 0.25) is 0 Å². The van der Waals surface area contributed by atoms with Gasteiger partial charge in [-0.2, -0.15) is 0 Å². The van der Waals surface area contributed by atoms with E-state index in [0.717, 1.165) is 22.1 Å². The number of hydrogen-bond acceptors (Lipinski definition) is 5. The molecule has 0 saturated carbocycles. The van der Waals surface area contributed by atoms with Gasteiger partial charge in [0.05, 0.1) is 10.9 Å². The van der Waals surface area contributed by atoms with E-state index in [2.05, 4.69) is 12.6 Å². The fraction of sp³-hybridized carbons (Fsp3) is 0.0476. The Morgan fingerprint density at radius 2 is 1.89 bits per heavy atom. The number of nitrogens with one attached hydrogen (secondary N) is 1. The van der Waals surface area contributed by atoms with Gasteiger partial charge in [0, 0.05) is 39.2 Å². The van der Waals surface area contributed by atoms with Crippen molar-refractivity contribution in [1.29, 1.82) is 5.41 Å². The Balaban J connectivity index is 2.23. The Bertz CT molecular complexity index is 1260. The summed E-state index contributed by atoms with van der Waals surface area (Å²) in [4.78, 5) is 12.5. The number of nitrogen functional groups attached to an aromatic ring is 1. The molecule has 134 valence electrons. The lowest BCUT2D eigenvalue weighted by Crippen LogP contribution is -2.04. The van der Waals surface area contributed by atoms with Crippen LogP contribution >= 0.6 is 12.6 Å². The van der Waals surface area contributed by atoms with Gasteiger partial charge >= 0.3 is 5.97 Å². The number of thiol groups is 1. The number of aromatic carboxylic acids is 1. The molecule has 2 aromatic carbocycles. The van der Waals surface area contributed by atoms with Crippen molar-refractivity contribution in [2.45, 2.75) is 11.8 Å². The number of carbonyl (C=O) groups is 1.